The van der Waals surface area contributed by atoms with Crippen LogP contribution in [0.4, 0.5) is 0 Å². The highest BCUT2D eigenvalue weighted by Crippen LogP contribution is 2.30. The first-order valence-corrected chi connectivity index (χ1v) is 6.63. The minimum absolute atomic E-state index is 0.250. The molecule has 108 valence electrons. The third kappa shape index (κ3) is 4.73. The molecule has 1 aromatic carbocycles. The Hall–Kier alpha value is -1.26. The van der Waals surface area contributed by atoms with E-state index in [-0.39, 0.29) is 6.61 Å². The second-order valence-corrected chi connectivity index (χ2v) is 4.76. The molecule has 0 spiro atoms. The molecule has 0 radical (unpaired) electrons. The van der Waals surface area contributed by atoms with Gasteiger partial charge in [-0.3, -0.25) is 0 Å². The zero-order valence-electron chi connectivity index (χ0n) is 12.4. The van der Waals surface area contributed by atoms with Gasteiger partial charge in [0.05, 0.1) is 14.2 Å². The zero-order chi connectivity index (χ0) is 14.3. The zero-order valence-corrected chi connectivity index (χ0v) is 12.4. The Bertz CT molecular complexity index is 393. The van der Waals surface area contributed by atoms with Crippen LogP contribution < -0.4 is 9.47 Å². The van der Waals surface area contributed by atoms with Crippen LogP contribution in [0, 0.1) is 6.92 Å². The Labute approximate surface area is 115 Å². The quantitative estimate of drug-likeness (QED) is 0.781. The lowest BCUT2D eigenvalue weighted by molar-refractivity contribution is 0.248. The lowest BCUT2D eigenvalue weighted by Crippen LogP contribution is -2.23. The topological polar surface area (TPSA) is 41.9 Å². The number of hydrogen-bond acceptors (Lipinski definition) is 4. The van der Waals surface area contributed by atoms with Crippen molar-refractivity contribution in [1.29, 1.82) is 0 Å². The molecule has 1 rings (SSSR count). The van der Waals surface area contributed by atoms with Crippen molar-refractivity contribution < 1.29 is 14.6 Å². The summed E-state index contributed by atoms with van der Waals surface area (Å²) in [6.07, 6.45) is 1.79. The summed E-state index contributed by atoms with van der Waals surface area (Å²) in [5, 5.41) is 8.81. The smallest absolute Gasteiger partial charge is 0.161 e. The van der Waals surface area contributed by atoms with Crippen LogP contribution >= 0.6 is 0 Å². The summed E-state index contributed by atoms with van der Waals surface area (Å²) < 4.78 is 10.6. The molecule has 0 saturated heterocycles. The van der Waals surface area contributed by atoms with Crippen molar-refractivity contribution >= 4 is 0 Å². The Morgan fingerprint density at radius 2 is 1.74 bits per heavy atom. The maximum absolute atomic E-state index is 8.81. The van der Waals surface area contributed by atoms with E-state index in [0.29, 0.717) is 0 Å². The van der Waals surface area contributed by atoms with E-state index < -0.39 is 0 Å². The number of hydrogen-bond donors (Lipinski definition) is 1. The summed E-state index contributed by atoms with van der Waals surface area (Å²) in [6.45, 7) is 4.23. The van der Waals surface area contributed by atoms with Gasteiger partial charge in [0, 0.05) is 19.7 Å². The molecule has 0 atom stereocenters. The summed E-state index contributed by atoms with van der Waals surface area (Å²) in [6, 6.07) is 4.07. The largest absolute Gasteiger partial charge is 0.493 e. The summed E-state index contributed by atoms with van der Waals surface area (Å²) >= 11 is 0. The SMILES string of the molecule is COc1cc(C)c(CCN(C)CCCO)cc1OC. The van der Waals surface area contributed by atoms with Crippen LogP contribution in [-0.4, -0.2) is 51.0 Å². The van der Waals surface area contributed by atoms with Crippen molar-refractivity contribution in [2.24, 2.45) is 0 Å². The third-order valence-electron chi connectivity index (χ3n) is 3.30. The lowest BCUT2D eigenvalue weighted by atomic mass is 10.0. The molecule has 0 saturated carbocycles. The van der Waals surface area contributed by atoms with E-state index in [1.54, 1.807) is 14.2 Å². The lowest BCUT2D eigenvalue weighted by Gasteiger charge is -2.18. The summed E-state index contributed by atoms with van der Waals surface area (Å²) in [4.78, 5) is 2.23. The van der Waals surface area contributed by atoms with Crippen molar-refractivity contribution in [3.05, 3.63) is 23.3 Å². The van der Waals surface area contributed by atoms with Crippen LogP contribution in [0.2, 0.25) is 0 Å². The van der Waals surface area contributed by atoms with Gasteiger partial charge in [-0.2, -0.15) is 0 Å². The third-order valence-corrected chi connectivity index (χ3v) is 3.30. The molecule has 0 unspecified atom stereocenters. The van der Waals surface area contributed by atoms with E-state index in [1.165, 1.54) is 11.1 Å². The van der Waals surface area contributed by atoms with Gasteiger partial charge >= 0.3 is 0 Å². The maximum Gasteiger partial charge on any atom is 0.161 e. The second kappa shape index (κ2) is 8.02. The van der Waals surface area contributed by atoms with Crippen LogP contribution in [0.1, 0.15) is 17.5 Å². The molecule has 1 aromatic rings. The fourth-order valence-corrected chi connectivity index (χ4v) is 2.06. The molecule has 0 aliphatic rings. The Morgan fingerprint density at radius 1 is 1.11 bits per heavy atom. The molecule has 0 amide bonds. The number of methoxy groups -OCH3 is 2. The fraction of sp³-hybridized carbons (Fsp3) is 0.600. The van der Waals surface area contributed by atoms with Gasteiger partial charge in [-0.15, -0.1) is 0 Å². The molecule has 1 N–H and O–H groups in total. The molecule has 4 nitrogen and oxygen atoms in total. The minimum Gasteiger partial charge on any atom is -0.493 e. The number of likely N-dealkylation sites (N-methyl/N-ethyl adjacent to an activating group) is 1. The summed E-state index contributed by atoms with van der Waals surface area (Å²) in [5.74, 6) is 1.55. The standard InChI is InChI=1S/C15H25NO3/c1-12-10-14(18-3)15(19-4)11-13(12)6-8-16(2)7-5-9-17/h10-11,17H,5-9H2,1-4H3. The van der Waals surface area contributed by atoms with Gasteiger partial charge in [0.1, 0.15) is 0 Å². The van der Waals surface area contributed by atoms with Crippen LogP contribution in [0.3, 0.4) is 0 Å². The van der Waals surface area contributed by atoms with E-state index in [4.69, 9.17) is 14.6 Å². The highest BCUT2D eigenvalue weighted by atomic mass is 16.5. The van der Waals surface area contributed by atoms with E-state index >= 15 is 0 Å². The molecule has 0 bridgehead atoms. The highest BCUT2D eigenvalue weighted by molar-refractivity contribution is 5.47. The van der Waals surface area contributed by atoms with Crippen LogP contribution in [0.5, 0.6) is 11.5 Å². The van der Waals surface area contributed by atoms with Crippen LogP contribution in [-0.2, 0) is 6.42 Å². The van der Waals surface area contributed by atoms with Crippen LogP contribution in [0.15, 0.2) is 12.1 Å². The van der Waals surface area contributed by atoms with E-state index in [1.807, 2.05) is 12.1 Å². The van der Waals surface area contributed by atoms with E-state index in [2.05, 4.69) is 18.9 Å². The normalized spacial score (nSPS) is 10.8. The van der Waals surface area contributed by atoms with Crippen molar-refractivity contribution in [1.82, 2.24) is 4.90 Å². The summed E-state index contributed by atoms with van der Waals surface area (Å²) in [7, 11) is 5.38. The fourth-order valence-electron chi connectivity index (χ4n) is 2.06. The van der Waals surface area contributed by atoms with Crippen LogP contribution in [0.25, 0.3) is 0 Å². The van der Waals surface area contributed by atoms with Gasteiger partial charge in [0.25, 0.3) is 0 Å². The predicted octanol–water partition coefficient (Wildman–Crippen LogP) is 1.87. The second-order valence-electron chi connectivity index (χ2n) is 4.76. The molecular formula is C15H25NO3. The molecule has 0 aromatic heterocycles. The van der Waals surface area contributed by atoms with Crippen molar-refractivity contribution in [2.75, 3.05) is 41.0 Å². The Balaban J connectivity index is 2.67. The Morgan fingerprint density at radius 3 is 2.32 bits per heavy atom. The van der Waals surface area contributed by atoms with Gasteiger partial charge < -0.3 is 19.5 Å². The highest BCUT2D eigenvalue weighted by Gasteiger charge is 2.09. The number of aliphatic hydroxyl groups is 1. The van der Waals surface area contributed by atoms with Gasteiger partial charge in [-0.25, -0.2) is 0 Å². The molecule has 0 aliphatic heterocycles. The first kappa shape index (κ1) is 15.8. The minimum atomic E-state index is 0.250. The number of rotatable bonds is 8. The van der Waals surface area contributed by atoms with Gasteiger partial charge in [-0.1, -0.05) is 0 Å². The molecule has 4 heteroatoms. The molecule has 19 heavy (non-hydrogen) atoms. The summed E-state index contributed by atoms with van der Waals surface area (Å²) in [5.41, 5.74) is 2.49. The van der Waals surface area contributed by atoms with Gasteiger partial charge in [0.15, 0.2) is 11.5 Å². The number of aliphatic hydroxyl groups excluding tert-OH is 1. The molecular weight excluding hydrogens is 242 g/mol. The molecule has 0 aliphatic carbocycles. The van der Waals surface area contributed by atoms with E-state index in [0.717, 1.165) is 37.4 Å². The average Bonchev–Trinajstić information content (AvgIpc) is 2.43. The molecule has 0 heterocycles. The number of nitrogens with zero attached hydrogens (tertiary/aromatic N) is 1. The molecule has 0 fully saturated rings. The van der Waals surface area contributed by atoms with Gasteiger partial charge in [-0.05, 0) is 50.1 Å². The van der Waals surface area contributed by atoms with Gasteiger partial charge in [0.2, 0.25) is 0 Å². The predicted molar refractivity (Wildman–Crippen MR) is 77.2 cm³/mol. The number of benzene rings is 1. The first-order valence-electron chi connectivity index (χ1n) is 6.63. The maximum atomic E-state index is 8.81. The average molecular weight is 267 g/mol. The van der Waals surface area contributed by atoms with E-state index in [9.17, 15) is 0 Å². The first-order chi connectivity index (χ1) is 9.12. The number of aryl methyl sites for hydroxylation is 1. The van der Waals surface area contributed by atoms with Crippen molar-refractivity contribution in [3.63, 3.8) is 0 Å². The monoisotopic (exact) mass is 267 g/mol. The van der Waals surface area contributed by atoms with Crippen molar-refractivity contribution in [3.8, 4) is 11.5 Å². The number of ether oxygens (including phenoxy) is 2. The Kier molecular flexibility index (Phi) is 6.67. The van der Waals surface area contributed by atoms with Crippen molar-refractivity contribution in [2.45, 2.75) is 19.8 Å².